The van der Waals surface area contributed by atoms with Gasteiger partial charge in [-0.2, -0.15) is 0 Å². The van der Waals surface area contributed by atoms with Crippen LogP contribution in [0.15, 0.2) is 23.1 Å². The Hall–Kier alpha value is -0.430. The van der Waals surface area contributed by atoms with Gasteiger partial charge in [0.05, 0.1) is 0 Å². The van der Waals surface area contributed by atoms with E-state index >= 15 is 0 Å². The lowest BCUT2D eigenvalue weighted by molar-refractivity contribution is 0.852. The first-order valence-corrected chi connectivity index (χ1v) is 4.35. The van der Waals surface area contributed by atoms with Crippen molar-refractivity contribution >= 4 is 12.6 Å². The third kappa shape index (κ3) is 2.00. The number of hydrogen-bond acceptors (Lipinski definition) is 1. The molecule has 0 atom stereocenters. The molecule has 0 aliphatic rings. The van der Waals surface area contributed by atoms with Crippen LogP contribution in [0.4, 0.5) is 0 Å². The fourth-order valence-electron chi connectivity index (χ4n) is 1.25. The lowest BCUT2D eigenvalue weighted by Crippen LogP contribution is -1.90. The minimum atomic E-state index is 0.599. The van der Waals surface area contributed by atoms with Gasteiger partial charge >= 0.3 is 0 Å². The molecule has 0 saturated carbocycles. The van der Waals surface area contributed by atoms with E-state index in [1.54, 1.807) is 0 Å². The Morgan fingerprint density at radius 2 is 1.91 bits per heavy atom. The molecule has 1 aromatic rings. The first kappa shape index (κ1) is 8.66. The van der Waals surface area contributed by atoms with Gasteiger partial charge in [0, 0.05) is 4.90 Å². The molecule has 0 saturated heterocycles. The van der Waals surface area contributed by atoms with E-state index in [1.165, 1.54) is 11.1 Å². The van der Waals surface area contributed by atoms with Crippen LogP contribution in [0.3, 0.4) is 0 Å². The average Bonchev–Trinajstić information content (AvgIpc) is 1.94. The molecule has 0 N–H and O–H groups in total. The zero-order valence-corrected chi connectivity index (χ0v) is 8.15. The normalized spacial score (nSPS) is 10.6. The highest BCUT2D eigenvalue weighted by Gasteiger charge is 2.02. The zero-order valence-electron chi connectivity index (χ0n) is 7.26. The van der Waals surface area contributed by atoms with Crippen LogP contribution in [0.2, 0.25) is 0 Å². The Morgan fingerprint density at radius 1 is 1.27 bits per heavy atom. The molecular formula is C10H14S. The minimum Gasteiger partial charge on any atom is -0.143 e. The van der Waals surface area contributed by atoms with E-state index in [0.29, 0.717) is 5.92 Å². The lowest BCUT2D eigenvalue weighted by Gasteiger charge is -2.09. The Bertz CT molecular complexity index is 251. The largest absolute Gasteiger partial charge is 0.143 e. The third-order valence-electron chi connectivity index (χ3n) is 1.88. The predicted octanol–water partition coefficient (Wildman–Crippen LogP) is 3.41. The van der Waals surface area contributed by atoms with Crippen molar-refractivity contribution in [2.24, 2.45) is 0 Å². The molecule has 0 aliphatic heterocycles. The summed E-state index contributed by atoms with van der Waals surface area (Å²) in [5, 5.41) is 0. The van der Waals surface area contributed by atoms with Gasteiger partial charge in [0.1, 0.15) is 0 Å². The van der Waals surface area contributed by atoms with Gasteiger partial charge < -0.3 is 0 Å². The van der Waals surface area contributed by atoms with Crippen molar-refractivity contribution in [3.8, 4) is 0 Å². The summed E-state index contributed by atoms with van der Waals surface area (Å²) in [6.45, 7) is 6.55. The van der Waals surface area contributed by atoms with E-state index in [0.717, 1.165) is 4.90 Å². The first-order valence-electron chi connectivity index (χ1n) is 3.91. The number of thiol groups is 1. The molecule has 11 heavy (non-hydrogen) atoms. The topological polar surface area (TPSA) is 0 Å². The van der Waals surface area contributed by atoms with Crippen LogP contribution in [0.1, 0.15) is 30.9 Å². The van der Waals surface area contributed by atoms with Crippen molar-refractivity contribution in [1.82, 2.24) is 0 Å². The quantitative estimate of drug-likeness (QED) is 0.607. The number of benzene rings is 1. The van der Waals surface area contributed by atoms with E-state index in [2.05, 4.69) is 45.5 Å². The summed E-state index contributed by atoms with van der Waals surface area (Å²) >= 11 is 4.30. The molecule has 0 fully saturated rings. The van der Waals surface area contributed by atoms with Crippen LogP contribution in [-0.4, -0.2) is 0 Å². The maximum atomic E-state index is 4.30. The van der Waals surface area contributed by atoms with Gasteiger partial charge in [0.25, 0.3) is 0 Å². The Balaban J connectivity index is 3.13. The minimum absolute atomic E-state index is 0.599. The summed E-state index contributed by atoms with van der Waals surface area (Å²) in [5.74, 6) is 0.599. The van der Waals surface area contributed by atoms with E-state index < -0.39 is 0 Å². The van der Waals surface area contributed by atoms with Crippen molar-refractivity contribution in [1.29, 1.82) is 0 Å². The molecule has 60 valence electrons. The van der Waals surface area contributed by atoms with Gasteiger partial charge in [-0.05, 0) is 36.1 Å². The smallest absolute Gasteiger partial charge is 0.00430 e. The summed E-state index contributed by atoms with van der Waals surface area (Å²) < 4.78 is 0. The van der Waals surface area contributed by atoms with Crippen LogP contribution in [0.25, 0.3) is 0 Å². The molecule has 0 radical (unpaired) electrons. The summed E-state index contributed by atoms with van der Waals surface area (Å²) in [7, 11) is 0. The van der Waals surface area contributed by atoms with E-state index in [-0.39, 0.29) is 0 Å². The number of rotatable bonds is 1. The number of hydrogen-bond donors (Lipinski definition) is 1. The predicted molar refractivity (Wildman–Crippen MR) is 52.5 cm³/mol. The molecule has 1 rings (SSSR count). The Morgan fingerprint density at radius 3 is 2.36 bits per heavy atom. The summed E-state index contributed by atoms with van der Waals surface area (Å²) in [4.78, 5) is 1.05. The molecule has 0 spiro atoms. The molecule has 0 unspecified atom stereocenters. The molecule has 0 aromatic heterocycles. The molecule has 1 aromatic carbocycles. The van der Waals surface area contributed by atoms with Gasteiger partial charge in [-0.1, -0.05) is 19.9 Å². The average molecular weight is 166 g/mol. The van der Waals surface area contributed by atoms with Crippen molar-refractivity contribution in [3.63, 3.8) is 0 Å². The summed E-state index contributed by atoms with van der Waals surface area (Å²) in [6.07, 6.45) is 0. The van der Waals surface area contributed by atoms with Crippen molar-refractivity contribution in [3.05, 3.63) is 29.3 Å². The highest BCUT2D eigenvalue weighted by molar-refractivity contribution is 7.80. The van der Waals surface area contributed by atoms with Gasteiger partial charge in [-0.3, -0.25) is 0 Å². The van der Waals surface area contributed by atoms with Crippen molar-refractivity contribution in [2.45, 2.75) is 31.6 Å². The van der Waals surface area contributed by atoms with Gasteiger partial charge in [-0.25, -0.2) is 0 Å². The third-order valence-corrected chi connectivity index (χ3v) is 2.16. The van der Waals surface area contributed by atoms with Crippen LogP contribution >= 0.6 is 12.6 Å². The zero-order chi connectivity index (χ0) is 8.43. The SMILES string of the molecule is Cc1ccc(S)cc1C(C)C. The summed E-state index contributed by atoms with van der Waals surface area (Å²) in [6, 6.07) is 6.30. The van der Waals surface area contributed by atoms with Crippen LogP contribution in [0, 0.1) is 6.92 Å². The number of aryl methyl sites for hydroxylation is 1. The van der Waals surface area contributed by atoms with Gasteiger partial charge in [-0.15, -0.1) is 12.6 Å². The molecule has 0 aliphatic carbocycles. The van der Waals surface area contributed by atoms with Crippen LogP contribution < -0.4 is 0 Å². The first-order chi connectivity index (χ1) is 5.11. The lowest BCUT2D eigenvalue weighted by atomic mass is 9.98. The standard InChI is InChI=1S/C10H14S/c1-7(2)10-6-9(11)5-4-8(10)3/h4-7,11H,1-3H3. The van der Waals surface area contributed by atoms with E-state index in [4.69, 9.17) is 0 Å². The van der Waals surface area contributed by atoms with Crippen molar-refractivity contribution < 1.29 is 0 Å². The summed E-state index contributed by atoms with van der Waals surface area (Å²) in [5.41, 5.74) is 2.76. The fraction of sp³-hybridized carbons (Fsp3) is 0.400. The molecule has 1 heteroatoms. The fourth-order valence-corrected chi connectivity index (χ4v) is 1.46. The highest BCUT2D eigenvalue weighted by Crippen LogP contribution is 2.21. The molecule has 0 nitrogen and oxygen atoms in total. The van der Waals surface area contributed by atoms with Crippen LogP contribution in [0.5, 0.6) is 0 Å². The second-order valence-electron chi connectivity index (χ2n) is 3.20. The maximum absolute atomic E-state index is 4.30. The van der Waals surface area contributed by atoms with Crippen molar-refractivity contribution in [2.75, 3.05) is 0 Å². The highest BCUT2D eigenvalue weighted by atomic mass is 32.1. The van der Waals surface area contributed by atoms with Gasteiger partial charge in [0.2, 0.25) is 0 Å². The maximum Gasteiger partial charge on any atom is 0.00430 e. The van der Waals surface area contributed by atoms with Crippen LogP contribution in [-0.2, 0) is 0 Å². The monoisotopic (exact) mass is 166 g/mol. The second kappa shape index (κ2) is 3.31. The molecule has 0 amide bonds. The second-order valence-corrected chi connectivity index (χ2v) is 3.71. The van der Waals surface area contributed by atoms with E-state index in [1.807, 2.05) is 6.07 Å². The molecular weight excluding hydrogens is 152 g/mol. The Labute approximate surface area is 74.0 Å². The van der Waals surface area contributed by atoms with E-state index in [9.17, 15) is 0 Å². The Kier molecular flexibility index (Phi) is 2.61. The molecule has 0 bridgehead atoms. The molecule has 0 heterocycles. The van der Waals surface area contributed by atoms with Gasteiger partial charge in [0.15, 0.2) is 0 Å².